The van der Waals surface area contributed by atoms with Gasteiger partial charge in [0.25, 0.3) is 0 Å². The first-order chi connectivity index (χ1) is 11.1. The molecule has 0 saturated carbocycles. The first kappa shape index (κ1) is 17.0. The van der Waals surface area contributed by atoms with E-state index < -0.39 is 0 Å². The van der Waals surface area contributed by atoms with E-state index in [0.717, 1.165) is 12.0 Å². The van der Waals surface area contributed by atoms with Crippen molar-refractivity contribution in [3.8, 4) is 11.1 Å². The number of rotatable bonds is 1. The van der Waals surface area contributed by atoms with E-state index in [1.807, 2.05) is 12.1 Å². The first-order valence-corrected chi connectivity index (χ1v) is 8.89. The van der Waals surface area contributed by atoms with E-state index >= 15 is 0 Å². The second-order valence-corrected chi connectivity index (χ2v) is 9.05. The summed E-state index contributed by atoms with van der Waals surface area (Å²) in [4.78, 5) is 12.1. The quantitative estimate of drug-likeness (QED) is 0.622. The van der Waals surface area contributed by atoms with E-state index in [1.165, 1.54) is 27.8 Å². The van der Waals surface area contributed by atoms with Crippen molar-refractivity contribution >= 4 is 5.78 Å². The maximum atomic E-state index is 12.1. The van der Waals surface area contributed by atoms with Crippen molar-refractivity contribution in [2.24, 2.45) is 0 Å². The van der Waals surface area contributed by atoms with Gasteiger partial charge < -0.3 is 0 Å². The SMILES string of the molecule is CC(C)(C)c1cc(-c2cccc3c2CCC3=O)cc(C(C)(C)C)c1. The van der Waals surface area contributed by atoms with Crippen LogP contribution in [0.3, 0.4) is 0 Å². The van der Waals surface area contributed by atoms with Gasteiger partial charge in [-0.2, -0.15) is 0 Å². The molecule has 1 heteroatoms. The summed E-state index contributed by atoms with van der Waals surface area (Å²) in [6, 6.07) is 13.1. The van der Waals surface area contributed by atoms with E-state index in [4.69, 9.17) is 0 Å². The van der Waals surface area contributed by atoms with E-state index in [2.05, 4.69) is 65.8 Å². The maximum Gasteiger partial charge on any atom is 0.163 e. The highest BCUT2D eigenvalue weighted by molar-refractivity contribution is 6.02. The normalized spacial score (nSPS) is 14.8. The van der Waals surface area contributed by atoms with Crippen LogP contribution in [0.1, 0.15) is 75.0 Å². The summed E-state index contributed by atoms with van der Waals surface area (Å²) in [5.74, 6) is 0.287. The zero-order valence-corrected chi connectivity index (χ0v) is 15.8. The molecular formula is C23H28O. The van der Waals surface area contributed by atoms with Gasteiger partial charge in [-0.05, 0) is 45.1 Å². The van der Waals surface area contributed by atoms with Gasteiger partial charge in [0.1, 0.15) is 0 Å². The van der Waals surface area contributed by atoms with E-state index in [0.29, 0.717) is 6.42 Å². The molecule has 2 aromatic rings. The number of carbonyl (C=O) groups is 1. The Hall–Kier alpha value is -1.89. The fourth-order valence-electron chi connectivity index (χ4n) is 3.41. The molecule has 0 fully saturated rings. The van der Waals surface area contributed by atoms with Crippen molar-refractivity contribution in [2.45, 2.75) is 65.2 Å². The van der Waals surface area contributed by atoms with E-state index in [1.54, 1.807) is 0 Å². The van der Waals surface area contributed by atoms with Gasteiger partial charge in [0.15, 0.2) is 5.78 Å². The third kappa shape index (κ3) is 3.05. The van der Waals surface area contributed by atoms with Crippen LogP contribution < -0.4 is 0 Å². The second kappa shape index (κ2) is 5.58. The Morgan fingerprint density at radius 2 is 1.29 bits per heavy atom. The molecule has 1 aliphatic carbocycles. The highest BCUT2D eigenvalue weighted by atomic mass is 16.1. The number of Topliss-reactive ketones (excluding diaryl/α,β-unsaturated/α-hetero) is 1. The van der Waals surface area contributed by atoms with E-state index in [9.17, 15) is 4.79 Å². The Bertz CT molecular complexity index is 766. The Labute approximate surface area is 146 Å². The van der Waals surface area contributed by atoms with Crippen LogP contribution in [0.15, 0.2) is 36.4 Å². The fourth-order valence-corrected chi connectivity index (χ4v) is 3.41. The molecule has 126 valence electrons. The Morgan fingerprint density at radius 1 is 0.750 bits per heavy atom. The Morgan fingerprint density at radius 3 is 1.83 bits per heavy atom. The van der Waals surface area contributed by atoms with Gasteiger partial charge in [-0.15, -0.1) is 0 Å². The molecule has 3 rings (SSSR count). The summed E-state index contributed by atoms with van der Waals surface area (Å²) < 4.78 is 0. The Balaban J connectivity index is 2.24. The van der Waals surface area contributed by atoms with Gasteiger partial charge in [-0.3, -0.25) is 4.79 Å². The monoisotopic (exact) mass is 320 g/mol. The minimum atomic E-state index is 0.101. The second-order valence-electron chi connectivity index (χ2n) is 9.05. The van der Waals surface area contributed by atoms with Crippen molar-refractivity contribution < 1.29 is 4.79 Å². The summed E-state index contributed by atoms with van der Waals surface area (Å²) in [5, 5.41) is 0. The molecule has 0 atom stereocenters. The predicted molar refractivity (Wildman–Crippen MR) is 102 cm³/mol. The summed E-state index contributed by atoms with van der Waals surface area (Å²) >= 11 is 0. The van der Waals surface area contributed by atoms with Gasteiger partial charge in [-0.1, -0.05) is 77.9 Å². The van der Waals surface area contributed by atoms with Crippen LogP contribution in [0, 0.1) is 0 Å². The lowest BCUT2D eigenvalue weighted by atomic mass is 9.78. The lowest BCUT2D eigenvalue weighted by molar-refractivity contribution is 0.0994. The van der Waals surface area contributed by atoms with Crippen LogP contribution in [-0.4, -0.2) is 5.78 Å². The third-order valence-corrected chi connectivity index (χ3v) is 5.05. The number of hydrogen-bond donors (Lipinski definition) is 0. The molecule has 0 saturated heterocycles. The van der Waals surface area contributed by atoms with Crippen LogP contribution in [0.2, 0.25) is 0 Å². The van der Waals surface area contributed by atoms with E-state index in [-0.39, 0.29) is 16.6 Å². The van der Waals surface area contributed by atoms with Crippen LogP contribution in [0.25, 0.3) is 11.1 Å². The molecule has 0 heterocycles. The van der Waals surface area contributed by atoms with Crippen molar-refractivity contribution in [3.05, 3.63) is 58.7 Å². The zero-order valence-electron chi connectivity index (χ0n) is 15.8. The fraction of sp³-hybridized carbons (Fsp3) is 0.435. The van der Waals surface area contributed by atoms with Crippen LogP contribution in [0.5, 0.6) is 0 Å². The van der Waals surface area contributed by atoms with Crippen molar-refractivity contribution in [1.29, 1.82) is 0 Å². The molecule has 0 aliphatic heterocycles. The number of ketones is 1. The molecule has 0 amide bonds. The molecule has 0 aromatic heterocycles. The number of fused-ring (bicyclic) bond motifs is 1. The molecule has 0 unspecified atom stereocenters. The van der Waals surface area contributed by atoms with Gasteiger partial charge in [0.2, 0.25) is 0 Å². The standard InChI is InChI=1S/C23H28O/c1-22(2,3)16-12-15(13-17(14-16)23(4,5)6)18-8-7-9-20-19(18)10-11-21(20)24/h7-9,12-14H,10-11H2,1-6H3. The number of carbonyl (C=O) groups excluding carboxylic acids is 1. The molecule has 0 spiro atoms. The molecular weight excluding hydrogens is 292 g/mol. The van der Waals surface area contributed by atoms with Gasteiger partial charge in [0, 0.05) is 12.0 Å². The van der Waals surface area contributed by atoms with Crippen molar-refractivity contribution in [2.75, 3.05) is 0 Å². The topological polar surface area (TPSA) is 17.1 Å². The highest BCUT2D eigenvalue weighted by Crippen LogP contribution is 2.37. The van der Waals surface area contributed by atoms with Crippen LogP contribution in [0.4, 0.5) is 0 Å². The van der Waals surface area contributed by atoms with Gasteiger partial charge >= 0.3 is 0 Å². The summed E-state index contributed by atoms with van der Waals surface area (Å²) in [6.45, 7) is 13.6. The highest BCUT2D eigenvalue weighted by Gasteiger charge is 2.25. The number of hydrogen-bond acceptors (Lipinski definition) is 1. The molecule has 1 aliphatic rings. The van der Waals surface area contributed by atoms with Crippen molar-refractivity contribution in [3.63, 3.8) is 0 Å². The zero-order chi connectivity index (χ0) is 17.7. The van der Waals surface area contributed by atoms with Crippen LogP contribution in [-0.2, 0) is 17.3 Å². The third-order valence-electron chi connectivity index (χ3n) is 5.05. The maximum absolute atomic E-state index is 12.1. The minimum absolute atomic E-state index is 0.101. The first-order valence-electron chi connectivity index (χ1n) is 8.89. The average Bonchev–Trinajstić information content (AvgIpc) is 2.87. The molecule has 0 bridgehead atoms. The van der Waals surface area contributed by atoms with Gasteiger partial charge in [-0.25, -0.2) is 0 Å². The molecule has 0 N–H and O–H groups in total. The lowest BCUT2D eigenvalue weighted by Crippen LogP contribution is -2.16. The molecule has 1 nitrogen and oxygen atoms in total. The van der Waals surface area contributed by atoms with Crippen molar-refractivity contribution in [1.82, 2.24) is 0 Å². The van der Waals surface area contributed by atoms with Crippen LogP contribution >= 0.6 is 0 Å². The summed E-state index contributed by atoms with van der Waals surface area (Å²) in [5.41, 5.74) is 7.54. The molecule has 0 radical (unpaired) electrons. The largest absolute Gasteiger partial charge is 0.294 e. The lowest BCUT2D eigenvalue weighted by Gasteiger charge is -2.26. The molecule has 24 heavy (non-hydrogen) atoms. The predicted octanol–water partition coefficient (Wildman–Crippen LogP) is 6.08. The smallest absolute Gasteiger partial charge is 0.163 e. The summed E-state index contributed by atoms with van der Waals surface area (Å²) in [7, 11) is 0. The summed E-state index contributed by atoms with van der Waals surface area (Å²) in [6.07, 6.45) is 1.52. The number of benzene rings is 2. The minimum Gasteiger partial charge on any atom is -0.294 e. The Kier molecular flexibility index (Phi) is 3.94. The average molecular weight is 320 g/mol. The van der Waals surface area contributed by atoms with Gasteiger partial charge in [0.05, 0.1) is 0 Å². The molecule has 2 aromatic carbocycles.